The van der Waals surface area contributed by atoms with Gasteiger partial charge in [-0.2, -0.15) is 0 Å². The fourth-order valence-corrected chi connectivity index (χ4v) is 2.78. The van der Waals surface area contributed by atoms with E-state index in [1.165, 1.54) is 12.1 Å². The number of halogens is 2. The first kappa shape index (κ1) is 15.0. The largest absolute Gasteiger partial charge is 0.481 e. The lowest BCUT2D eigenvalue weighted by atomic mass is 9.85. The summed E-state index contributed by atoms with van der Waals surface area (Å²) in [5.41, 5.74) is -0.769. The maximum Gasteiger partial charge on any atom is 0.311 e. The molecule has 0 aromatic heterocycles. The summed E-state index contributed by atoms with van der Waals surface area (Å²) in [5.74, 6) is -1.89. The number of carbonyl (C=O) groups is 2. The number of nitrogens with one attached hydrogen (secondary N) is 1. The summed E-state index contributed by atoms with van der Waals surface area (Å²) < 4.78 is 13.7. The van der Waals surface area contributed by atoms with E-state index >= 15 is 0 Å². The number of carbonyl (C=O) groups excluding carboxylic acids is 1. The second-order valence-corrected chi connectivity index (χ2v) is 6.12. The number of rotatable bonds is 3. The van der Waals surface area contributed by atoms with Gasteiger partial charge in [0.15, 0.2) is 0 Å². The first-order chi connectivity index (χ1) is 9.34. The fourth-order valence-electron chi connectivity index (χ4n) is 2.53. The van der Waals surface area contributed by atoms with Gasteiger partial charge >= 0.3 is 5.97 Å². The maximum absolute atomic E-state index is 13.4. The molecule has 1 aromatic carbocycles. The van der Waals surface area contributed by atoms with Crippen LogP contribution in [0, 0.1) is 11.2 Å². The molecule has 0 bridgehead atoms. The van der Waals surface area contributed by atoms with Crippen molar-refractivity contribution in [3.63, 3.8) is 0 Å². The number of aliphatic carboxylic acids is 1. The predicted molar refractivity (Wildman–Crippen MR) is 74.9 cm³/mol. The van der Waals surface area contributed by atoms with E-state index in [0.717, 1.165) is 12.5 Å². The van der Waals surface area contributed by atoms with Crippen molar-refractivity contribution in [3.05, 3.63) is 34.1 Å². The van der Waals surface area contributed by atoms with E-state index in [4.69, 9.17) is 0 Å². The minimum atomic E-state index is -0.955. The van der Waals surface area contributed by atoms with Crippen LogP contribution in [0.3, 0.4) is 0 Å². The lowest BCUT2D eigenvalue weighted by Gasteiger charge is -2.27. The van der Waals surface area contributed by atoms with Crippen molar-refractivity contribution in [3.8, 4) is 0 Å². The van der Waals surface area contributed by atoms with Crippen LogP contribution in [0.1, 0.15) is 36.5 Å². The molecule has 0 aliphatic heterocycles. The molecule has 4 nitrogen and oxygen atoms in total. The van der Waals surface area contributed by atoms with Crippen LogP contribution < -0.4 is 5.32 Å². The van der Waals surface area contributed by atoms with Crippen LogP contribution in [0.5, 0.6) is 0 Å². The summed E-state index contributed by atoms with van der Waals surface area (Å²) >= 11 is 3.02. The first-order valence-corrected chi connectivity index (χ1v) is 7.13. The number of carboxylic acids is 1. The molecule has 20 heavy (non-hydrogen) atoms. The van der Waals surface area contributed by atoms with Crippen LogP contribution in [0.15, 0.2) is 22.7 Å². The highest BCUT2D eigenvalue weighted by molar-refractivity contribution is 9.10. The summed E-state index contributed by atoms with van der Waals surface area (Å²) in [4.78, 5) is 23.4. The molecule has 1 aromatic rings. The molecule has 2 N–H and O–H groups in total. The lowest BCUT2D eigenvalue weighted by molar-refractivity contribution is -0.148. The highest BCUT2D eigenvalue weighted by Crippen LogP contribution is 2.38. The normalized spacial score (nSPS) is 25.4. The Morgan fingerprint density at radius 2 is 2.20 bits per heavy atom. The number of benzene rings is 1. The van der Waals surface area contributed by atoms with Gasteiger partial charge in [-0.1, -0.05) is 6.42 Å². The van der Waals surface area contributed by atoms with Gasteiger partial charge in [0.1, 0.15) is 5.82 Å². The zero-order chi connectivity index (χ0) is 14.9. The molecular formula is C14H15BrFNO3. The SMILES string of the molecule is CC1(C(=O)O)CCCC1NC(=O)c1ccc(Br)c(F)c1. The number of hydrogen-bond donors (Lipinski definition) is 2. The summed E-state index contributed by atoms with van der Waals surface area (Å²) in [6.07, 6.45) is 1.90. The third-order valence-electron chi connectivity index (χ3n) is 3.93. The molecule has 1 saturated carbocycles. The number of carboxylic acid groups (broad SMARTS) is 1. The van der Waals surface area contributed by atoms with Crippen molar-refractivity contribution < 1.29 is 19.1 Å². The molecule has 0 saturated heterocycles. The van der Waals surface area contributed by atoms with Crippen LogP contribution in [0.4, 0.5) is 4.39 Å². The Hall–Kier alpha value is -1.43. The standard InChI is InChI=1S/C14H15BrFNO3/c1-14(13(19)20)6-2-3-11(14)17-12(18)8-4-5-9(15)10(16)7-8/h4-5,7,11H,2-3,6H2,1H3,(H,17,18)(H,19,20). The van der Waals surface area contributed by atoms with Crippen molar-refractivity contribution >= 4 is 27.8 Å². The molecule has 0 heterocycles. The summed E-state index contributed by atoms with van der Waals surface area (Å²) in [5, 5.41) is 12.0. The lowest BCUT2D eigenvalue weighted by Crippen LogP contribution is -2.47. The average molecular weight is 344 g/mol. The van der Waals surface area contributed by atoms with E-state index in [9.17, 15) is 19.1 Å². The van der Waals surface area contributed by atoms with E-state index in [2.05, 4.69) is 21.2 Å². The Kier molecular flexibility index (Phi) is 4.13. The van der Waals surface area contributed by atoms with Gasteiger partial charge in [-0.3, -0.25) is 9.59 Å². The van der Waals surface area contributed by atoms with Crippen molar-refractivity contribution in [1.29, 1.82) is 0 Å². The Balaban J connectivity index is 2.15. The van der Waals surface area contributed by atoms with Crippen LogP contribution >= 0.6 is 15.9 Å². The third-order valence-corrected chi connectivity index (χ3v) is 4.58. The van der Waals surface area contributed by atoms with Gasteiger partial charge in [0.25, 0.3) is 5.91 Å². The molecule has 2 unspecified atom stereocenters. The van der Waals surface area contributed by atoms with Crippen molar-refractivity contribution in [2.45, 2.75) is 32.2 Å². The third kappa shape index (κ3) is 2.70. The van der Waals surface area contributed by atoms with E-state index < -0.39 is 29.2 Å². The molecule has 2 atom stereocenters. The molecule has 1 aliphatic carbocycles. The zero-order valence-electron chi connectivity index (χ0n) is 11.0. The predicted octanol–water partition coefficient (Wildman–Crippen LogP) is 2.96. The molecule has 1 amide bonds. The number of amides is 1. The monoisotopic (exact) mass is 343 g/mol. The number of hydrogen-bond acceptors (Lipinski definition) is 2. The molecule has 2 rings (SSSR count). The van der Waals surface area contributed by atoms with Crippen molar-refractivity contribution in [2.75, 3.05) is 0 Å². The van der Waals surface area contributed by atoms with Crippen LogP contribution in [0.2, 0.25) is 0 Å². The first-order valence-electron chi connectivity index (χ1n) is 6.34. The average Bonchev–Trinajstić information content (AvgIpc) is 2.75. The van der Waals surface area contributed by atoms with Gasteiger partial charge in [-0.05, 0) is 53.9 Å². The zero-order valence-corrected chi connectivity index (χ0v) is 12.5. The van der Waals surface area contributed by atoms with Gasteiger partial charge in [0.05, 0.1) is 9.89 Å². The Morgan fingerprint density at radius 3 is 2.80 bits per heavy atom. The Bertz CT molecular complexity index is 563. The van der Waals surface area contributed by atoms with Crippen molar-refractivity contribution in [1.82, 2.24) is 5.32 Å². The van der Waals surface area contributed by atoms with Gasteiger partial charge in [-0.15, -0.1) is 0 Å². The van der Waals surface area contributed by atoms with E-state index in [1.54, 1.807) is 6.92 Å². The van der Waals surface area contributed by atoms with Gasteiger partial charge < -0.3 is 10.4 Å². The van der Waals surface area contributed by atoms with Crippen molar-refractivity contribution in [2.24, 2.45) is 5.41 Å². The molecule has 0 radical (unpaired) electrons. The molecule has 1 fully saturated rings. The van der Waals surface area contributed by atoms with Gasteiger partial charge in [0.2, 0.25) is 0 Å². The smallest absolute Gasteiger partial charge is 0.311 e. The molecule has 0 spiro atoms. The topological polar surface area (TPSA) is 66.4 Å². The van der Waals surface area contributed by atoms with E-state index in [-0.39, 0.29) is 10.0 Å². The highest BCUT2D eigenvalue weighted by Gasteiger charge is 2.45. The van der Waals surface area contributed by atoms with Gasteiger partial charge in [0, 0.05) is 11.6 Å². The van der Waals surface area contributed by atoms with E-state index in [1.807, 2.05) is 0 Å². The minimum absolute atomic E-state index is 0.185. The van der Waals surface area contributed by atoms with E-state index in [0.29, 0.717) is 12.8 Å². The Labute approximate surface area is 124 Å². The maximum atomic E-state index is 13.4. The Morgan fingerprint density at radius 1 is 1.50 bits per heavy atom. The highest BCUT2D eigenvalue weighted by atomic mass is 79.9. The summed E-state index contributed by atoms with van der Waals surface area (Å²) in [6, 6.07) is 3.65. The van der Waals surface area contributed by atoms with Crippen LogP contribution in [-0.4, -0.2) is 23.0 Å². The molecule has 6 heteroatoms. The van der Waals surface area contributed by atoms with Gasteiger partial charge in [-0.25, -0.2) is 4.39 Å². The quantitative estimate of drug-likeness (QED) is 0.886. The summed E-state index contributed by atoms with van der Waals surface area (Å²) in [6.45, 7) is 1.63. The van der Waals surface area contributed by atoms with Crippen LogP contribution in [0.25, 0.3) is 0 Å². The molecular weight excluding hydrogens is 329 g/mol. The molecule has 1 aliphatic rings. The second-order valence-electron chi connectivity index (χ2n) is 5.27. The second kappa shape index (κ2) is 5.52. The summed E-state index contributed by atoms with van der Waals surface area (Å²) in [7, 11) is 0. The molecule has 108 valence electrons. The fraction of sp³-hybridized carbons (Fsp3) is 0.429. The minimum Gasteiger partial charge on any atom is -0.481 e. The van der Waals surface area contributed by atoms with Crippen LogP contribution in [-0.2, 0) is 4.79 Å².